The van der Waals surface area contributed by atoms with Gasteiger partial charge in [0.05, 0.1) is 13.2 Å². The van der Waals surface area contributed by atoms with Crippen molar-refractivity contribution in [3.63, 3.8) is 0 Å². The van der Waals surface area contributed by atoms with Gasteiger partial charge in [-0.25, -0.2) is 0 Å². The lowest BCUT2D eigenvalue weighted by atomic mass is 9.98. The number of carbonyl (C=O) groups excluding carboxylic acids is 1. The molecular weight excluding hydrogens is 238 g/mol. The zero-order valence-electron chi connectivity index (χ0n) is 10.8. The van der Waals surface area contributed by atoms with Crippen molar-refractivity contribution in [3.05, 3.63) is 64.2 Å². The number of ketones is 1. The van der Waals surface area contributed by atoms with Gasteiger partial charge in [0, 0.05) is 16.8 Å². The predicted octanol–water partition coefficient (Wildman–Crippen LogP) is 2.84. The lowest BCUT2D eigenvalue weighted by Gasteiger charge is -2.06. The average Bonchev–Trinajstić information content (AvgIpc) is 2.83. The third kappa shape index (κ3) is 2.25. The Morgan fingerprint density at radius 3 is 2.63 bits per heavy atom. The minimum absolute atomic E-state index is 0.00472. The first-order chi connectivity index (χ1) is 9.13. The van der Waals surface area contributed by atoms with E-state index in [4.69, 9.17) is 10.5 Å². The van der Waals surface area contributed by atoms with Crippen LogP contribution in [0.2, 0.25) is 0 Å². The Labute approximate surface area is 112 Å². The van der Waals surface area contributed by atoms with E-state index in [1.807, 2.05) is 37.3 Å². The Morgan fingerprint density at radius 2 is 1.84 bits per heavy atom. The topological polar surface area (TPSA) is 52.3 Å². The number of hydrogen-bond acceptors (Lipinski definition) is 3. The first-order valence-electron chi connectivity index (χ1n) is 6.25. The van der Waals surface area contributed by atoms with Crippen LogP contribution in [0.5, 0.6) is 0 Å². The van der Waals surface area contributed by atoms with Crippen molar-refractivity contribution in [2.24, 2.45) is 0 Å². The molecule has 3 heteroatoms. The van der Waals surface area contributed by atoms with Gasteiger partial charge in [-0.2, -0.15) is 0 Å². The van der Waals surface area contributed by atoms with E-state index in [1.165, 1.54) is 5.56 Å². The highest BCUT2D eigenvalue weighted by Crippen LogP contribution is 2.23. The second kappa shape index (κ2) is 4.52. The molecule has 0 fully saturated rings. The standard InChI is InChI=1S/C16H15NO2/c1-10-4-13(7-15(17)5-10)16(18)11-2-3-12-8-19-9-14(12)6-11/h2-7H,8-9,17H2,1H3. The fourth-order valence-corrected chi connectivity index (χ4v) is 2.42. The normalized spacial score (nSPS) is 13.3. The fraction of sp³-hybridized carbons (Fsp3) is 0.188. The van der Waals surface area contributed by atoms with Crippen molar-refractivity contribution < 1.29 is 9.53 Å². The van der Waals surface area contributed by atoms with Gasteiger partial charge in [-0.05, 0) is 47.9 Å². The zero-order chi connectivity index (χ0) is 13.4. The summed E-state index contributed by atoms with van der Waals surface area (Å²) in [6.45, 7) is 3.16. The summed E-state index contributed by atoms with van der Waals surface area (Å²) in [6, 6.07) is 11.2. The Balaban J connectivity index is 1.99. The van der Waals surface area contributed by atoms with Crippen LogP contribution in [0.15, 0.2) is 36.4 Å². The molecule has 2 aromatic rings. The van der Waals surface area contributed by atoms with Gasteiger partial charge >= 0.3 is 0 Å². The second-order valence-corrected chi connectivity index (χ2v) is 4.94. The molecule has 2 aromatic carbocycles. The molecule has 19 heavy (non-hydrogen) atoms. The van der Waals surface area contributed by atoms with Crippen molar-refractivity contribution in [2.75, 3.05) is 5.73 Å². The van der Waals surface area contributed by atoms with Gasteiger partial charge in [-0.3, -0.25) is 4.79 Å². The third-order valence-corrected chi connectivity index (χ3v) is 3.35. The molecule has 0 aromatic heterocycles. The van der Waals surface area contributed by atoms with Crippen LogP contribution >= 0.6 is 0 Å². The molecule has 0 radical (unpaired) electrons. The predicted molar refractivity (Wildman–Crippen MR) is 74.0 cm³/mol. The SMILES string of the molecule is Cc1cc(N)cc(C(=O)c2ccc3c(c2)COC3)c1. The summed E-state index contributed by atoms with van der Waals surface area (Å²) < 4.78 is 5.36. The van der Waals surface area contributed by atoms with Crippen molar-refractivity contribution in [3.8, 4) is 0 Å². The maximum absolute atomic E-state index is 12.5. The molecule has 0 saturated carbocycles. The molecule has 0 aliphatic carbocycles. The molecule has 1 aliphatic rings. The van der Waals surface area contributed by atoms with E-state index >= 15 is 0 Å². The smallest absolute Gasteiger partial charge is 0.193 e. The maximum atomic E-state index is 12.5. The van der Waals surface area contributed by atoms with Crippen LogP contribution in [-0.4, -0.2) is 5.78 Å². The number of nitrogens with two attached hydrogens (primary N) is 1. The molecule has 0 saturated heterocycles. The molecule has 0 amide bonds. The summed E-state index contributed by atoms with van der Waals surface area (Å²) in [6.07, 6.45) is 0. The molecule has 96 valence electrons. The van der Waals surface area contributed by atoms with Crippen LogP contribution in [0, 0.1) is 6.92 Å². The van der Waals surface area contributed by atoms with Gasteiger partial charge < -0.3 is 10.5 Å². The second-order valence-electron chi connectivity index (χ2n) is 4.94. The molecular formula is C16H15NO2. The Bertz CT molecular complexity index is 642. The Kier molecular flexibility index (Phi) is 2.84. The molecule has 1 aliphatic heterocycles. The van der Waals surface area contributed by atoms with Gasteiger partial charge in [-0.1, -0.05) is 12.1 Å². The van der Waals surface area contributed by atoms with E-state index in [-0.39, 0.29) is 5.78 Å². The molecule has 3 rings (SSSR count). The number of benzene rings is 2. The van der Waals surface area contributed by atoms with Crippen molar-refractivity contribution in [2.45, 2.75) is 20.1 Å². The maximum Gasteiger partial charge on any atom is 0.193 e. The van der Waals surface area contributed by atoms with Gasteiger partial charge in [0.2, 0.25) is 0 Å². The highest BCUT2D eigenvalue weighted by molar-refractivity contribution is 6.09. The number of carbonyl (C=O) groups is 1. The monoisotopic (exact) mass is 253 g/mol. The third-order valence-electron chi connectivity index (χ3n) is 3.35. The number of nitrogen functional groups attached to an aromatic ring is 1. The highest BCUT2D eigenvalue weighted by Gasteiger charge is 2.15. The van der Waals surface area contributed by atoms with Crippen LogP contribution in [0.25, 0.3) is 0 Å². The van der Waals surface area contributed by atoms with Gasteiger partial charge in [0.15, 0.2) is 5.78 Å². The van der Waals surface area contributed by atoms with Crippen molar-refractivity contribution in [1.29, 1.82) is 0 Å². The van der Waals surface area contributed by atoms with E-state index in [0.717, 1.165) is 11.1 Å². The quantitative estimate of drug-likeness (QED) is 0.661. The number of anilines is 1. The lowest BCUT2D eigenvalue weighted by Crippen LogP contribution is -2.03. The van der Waals surface area contributed by atoms with E-state index in [1.54, 1.807) is 6.07 Å². The summed E-state index contributed by atoms with van der Waals surface area (Å²) in [4.78, 5) is 12.5. The molecule has 0 spiro atoms. The number of rotatable bonds is 2. The fourth-order valence-electron chi connectivity index (χ4n) is 2.42. The van der Waals surface area contributed by atoms with Crippen molar-refractivity contribution in [1.82, 2.24) is 0 Å². The van der Waals surface area contributed by atoms with E-state index in [2.05, 4.69) is 0 Å². The zero-order valence-corrected chi connectivity index (χ0v) is 10.8. The number of fused-ring (bicyclic) bond motifs is 1. The largest absolute Gasteiger partial charge is 0.399 e. The highest BCUT2D eigenvalue weighted by atomic mass is 16.5. The van der Waals surface area contributed by atoms with Crippen LogP contribution in [-0.2, 0) is 18.0 Å². The summed E-state index contributed by atoms with van der Waals surface area (Å²) in [5.74, 6) is 0.00472. The summed E-state index contributed by atoms with van der Waals surface area (Å²) in [5, 5.41) is 0. The Hall–Kier alpha value is -2.13. The van der Waals surface area contributed by atoms with Crippen LogP contribution in [0.1, 0.15) is 32.6 Å². The van der Waals surface area contributed by atoms with E-state index in [9.17, 15) is 4.79 Å². The first kappa shape index (κ1) is 11.9. The number of hydrogen-bond donors (Lipinski definition) is 1. The molecule has 0 bridgehead atoms. The minimum Gasteiger partial charge on any atom is -0.399 e. The van der Waals surface area contributed by atoms with Crippen molar-refractivity contribution >= 4 is 11.5 Å². The molecule has 0 atom stereocenters. The number of ether oxygens (including phenoxy) is 1. The van der Waals surface area contributed by atoms with Crippen LogP contribution in [0.4, 0.5) is 5.69 Å². The van der Waals surface area contributed by atoms with Gasteiger partial charge in [-0.15, -0.1) is 0 Å². The molecule has 1 heterocycles. The molecule has 2 N–H and O–H groups in total. The van der Waals surface area contributed by atoms with Crippen LogP contribution in [0.3, 0.4) is 0 Å². The average molecular weight is 253 g/mol. The molecule has 3 nitrogen and oxygen atoms in total. The Morgan fingerprint density at radius 1 is 1.05 bits per heavy atom. The van der Waals surface area contributed by atoms with Gasteiger partial charge in [0.1, 0.15) is 0 Å². The summed E-state index contributed by atoms with van der Waals surface area (Å²) >= 11 is 0. The summed E-state index contributed by atoms with van der Waals surface area (Å²) in [5.41, 5.74) is 11.0. The molecule has 0 unspecified atom stereocenters. The van der Waals surface area contributed by atoms with Gasteiger partial charge in [0.25, 0.3) is 0 Å². The van der Waals surface area contributed by atoms with Crippen LogP contribution < -0.4 is 5.73 Å². The minimum atomic E-state index is 0.00472. The summed E-state index contributed by atoms with van der Waals surface area (Å²) in [7, 11) is 0. The van der Waals surface area contributed by atoms with E-state index < -0.39 is 0 Å². The number of aryl methyl sites for hydroxylation is 1. The lowest BCUT2D eigenvalue weighted by molar-refractivity contribution is 0.103. The first-order valence-corrected chi connectivity index (χ1v) is 6.25. The van der Waals surface area contributed by atoms with E-state index in [0.29, 0.717) is 30.0 Å².